The van der Waals surface area contributed by atoms with Crippen LogP contribution in [0.3, 0.4) is 0 Å². The van der Waals surface area contributed by atoms with E-state index in [0.29, 0.717) is 6.54 Å². The van der Waals surface area contributed by atoms with Gasteiger partial charge in [-0.1, -0.05) is 24.6 Å². The van der Waals surface area contributed by atoms with Crippen LogP contribution in [-0.2, 0) is 6.54 Å². The molecule has 0 bridgehead atoms. The first-order valence-electron chi connectivity index (χ1n) is 5.96. The third-order valence-corrected chi connectivity index (χ3v) is 5.13. The lowest BCUT2D eigenvalue weighted by atomic mass is 10.2. The van der Waals surface area contributed by atoms with Crippen molar-refractivity contribution in [2.24, 2.45) is 5.73 Å². The molecule has 0 aliphatic heterocycles. The summed E-state index contributed by atoms with van der Waals surface area (Å²) in [4.78, 5) is 5.02. The molecule has 0 radical (unpaired) electrons. The molecule has 0 saturated carbocycles. The number of likely N-dealkylation sites (N-methyl/N-ethyl adjacent to an activating group) is 1. The highest BCUT2D eigenvalue weighted by Gasteiger charge is 2.19. The molecule has 1 unspecified atom stereocenters. The van der Waals surface area contributed by atoms with Gasteiger partial charge in [-0.2, -0.15) is 0 Å². The Morgan fingerprint density at radius 3 is 2.72 bits per heavy atom. The molecule has 98 valence electrons. The van der Waals surface area contributed by atoms with Crippen molar-refractivity contribution >= 4 is 34.3 Å². The Morgan fingerprint density at radius 2 is 2.22 bits per heavy atom. The van der Waals surface area contributed by atoms with Crippen molar-refractivity contribution in [3.05, 3.63) is 43.7 Å². The molecule has 0 saturated heterocycles. The van der Waals surface area contributed by atoms with Crippen LogP contribution >= 0.6 is 34.3 Å². The normalized spacial score (nSPS) is 13.1. The van der Waals surface area contributed by atoms with E-state index >= 15 is 0 Å². The monoisotopic (exact) mass is 300 g/mol. The maximum Gasteiger partial charge on any atom is 0.0931 e. The minimum absolute atomic E-state index is 0.259. The van der Waals surface area contributed by atoms with Gasteiger partial charge in [-0.25, -0.2) is 0 Å². The quantitative estimate of drug-likeness (QED) is 0.874. The van der Waals surface area contributed by atoms with Crippen LogP contribution in [0.4, 0.5) is 0 Å². The summed E-state index contributed by atoms with van der Waals surface area (Å²) in [7, 11) is 0. The molecule has 0 fully saturated rings. The molecule has 0 amide bonds. The van der Waals surface area contributed by atoms with Gasteiger partial charge in [-0.05, 0) is 30.1 Å². The first-order chi connectivity index (χ1) is 8.74. The maximum atomic E-state index is 6.01. The van der Waals surface area contributed by atoms with Crippen molar-refractivity contribution in [3.8, 4) is 0 Å². The first-order valence-corrected chi connectivity index (χ1v) is 8.03. The lowest BCUT2D eigenvalue weighted by molar-refractivity contribution is 0.208. The predicted octanol–water partition coefficient (Wildman–Crippen LogP) is 3.98. The van der Waals surface area contributed by atoms with E-state index in [2.05, 4.69) is 35.4 Å². The van der Waals surface area contributed by atoms with Gasteiger partial charge in [0.15, 0.2) is 0 Å². The SMILES string of the molecule is CCN(Cc1cccs1)C(CN)c1ccc(Cl)s1. The molecular formula is C13H17ClN2S2. The van der Waals surface area contributed by atoms with Crippen molar-refractivity contribution in [2.45, 2.75) is 19.5 Å². The summed E-state index contributed by atoms with van der Waals surface area (Å²) in [5.41, 5.74) is 5.94. The molecule has 2 heterocycles. The van der Waals surface area contributed by atoms with Gasteiger partial charge in [0.1, 0.15) is 0 Å². The number of thiophene rings is 2. The Labute approximate surface area is 121 Å². The molecule has 0 aliphatic carbocycles. The van der Waals surface area contributed by atoms with Gasteiger partial charge >= 0.3 is 0 Å². The summed E-state index contributed by atoms with van der Waals surface area (Å²) in [6.07, 6.45) is 0. The van der Waals surface area contributed by atoms with Crippen LogP contribution in [0.15, 0.2) is 29.6 Å². The van der Waals surface area contributed by atoms with E-state index in [0.717, 1.165) is 17.4 Å². The molecule has 2 N–H and O–H groups in total. The summed E-state index contributed by atoms with van der Waals surface area (Å²) in [6.45, 7) is 4.72. The smallest absolute Gasteiger partial charge is 0.0931 e. The fraction of sp³-hybridized carbons (Fsp3) is 0.385. The largest absolute Gasteiger partial charge is 0.329 e. The van der Waals surface area contributed by atoms with Crippen LogP contribution in [0.25, 0.3) is 0 Å². The molecule has 2 rings (SSSR count). The minimum Gasteiger partial charge on any atom is -0.329 e. The number of nitrogens with zero attached hydrogens (tertiary/aromatic N) is 1. The highest BCUT2D eigenvalue weighted by Crippen LogP contribution is 2.31. The summed E-state index contributed by atoms with van der Waals surface area (Å²) in [5, 5.41) is 2.11. The van der Waals surface area contributed by atoms with Gasteiger partial charge in [-0.15, -0.1) is 22.7 Å². The Kier molecular flexibility index (Phi) is 5.21. The van der Waals surface area contributed by atoms with Crippen LogP contribution in [0.1, 0.15) is 22.7 Å². The zero-order chi connectivity index (χ0) is 13.0. The van der Waals surface area contributed by atoms with Crippen molar-refractivity contribution < 1.29 is 0 Å². The van der Waals surface area contributed by atoms with E-state index in [1.165, 1.54) is 9.75 Å². The Hall–Kier alpha value is -0.390. The van der Waals surface area contributed by atoms with Gasteiger partial charge in [0.05, 0.1) is 10.4 Å². The lowest BCUT2D eigenvalue weighted by Gasteiger charge is -2.28. The van der Waals surface area contributed by atoms with Gasteiger partial charge in [0.25, 0.3) is 0 Å². The van der Waals surface area contributed by atoms with Gasteiger partial charge in [0, 0.05) is 22.8 Å². The Bertz CT molecular complexity index is 467. The average Bonchev–Trinajstić information content (AvgIpc) is 3.01. The number of halogens is 1. The average molecular weight is 301 g/mol. The maximum absolute atomic E-state index is 6.01. The van der Waals surface area contributed by atoms with E-state index in [1.54, 1.807) is 22.7 Å². The second-order valence-electron chi connectivity index (χ2n) is 4.04. The second kappa shape index (κ2) is 6.68. The van der Waals surface area contributed by atoms with Crippen molar-refractivity contribution in [1.82, 2.24) is 4.90 Å². The number of rotatable bonds is 6. The van der Waals surface area contributed by atoms with E-state index in [9.17, 15) is 0 Å². The molecule has 0 aliphatic rings. The highest BCUT2D eigenvalue weighted by atomic mass is 35.5. The number of hydrogen-bond donors (Lipinski definition) is 1. The van der Waals surface area contributed by atoms with Crippen LogP contribution in [0, 0.1) is 0 Å². The van der Waals surface area contributed by atoms with Gasteiger partial charge < -0.3 is 5.73 Å². The summed E-state index contributed by atoms with van der Waals surface area (Å²) < 4.78 is 0.829. The molecular weight excluding hydrogens is 284 g/mol. The van der Waals surface area contributed by atoms with Crippen LogP contribution in [0.5, 0.6) is 0 Å². The van der Waals surface area contributed by atoms with Gasteiger partial charge in [0.2, 0.25) is 0 Å². The minimum atomic E-state index is 0.259. The molecule has 2 aromatic rings. The molecule has 1 atom stereocenters. The van der Waals surface area contributed by atoms with Gasteiger partial charge in [-0.3, -0.25) is 4.90 Å². The second-order valence-corrected chi connectivity index (χ2v) is 6.81. The van der Waals surface area contributed by atoms with Crippen molar-refractivity contribution in [3.63, 3.8) is 0 Å². The van der Waals surface area contributed by atoms with E-state index in [4.69, 9.17) is 17.3 Å². The molecule has 2 nitrogen and oxygen atoms in total. The topological polar surface area (TPSA) is 29.3 Å². The molecule has 5 heteroatoms. The molecule has 0 spiro atoms. The predicted molar refractivity (Wildman–Crippen MR) is 81.5 cm³/mol. The highest BCUT2D eigenvalue weighted by molar-refractivity contribution is 7.16. The zero-order valence-electron chi connectivity index (χ0n) is 10.3. The van der Waals surface area contributed by atoms with Crippen molar-refractivity contribution in [1.29, 1.82) is 0 Å². The summed E-state index contributed by atoms with van der Waals surface area (Å²) in [5.74, 6) is 0. The molecule has 18 heavy (non-hydrogen) atoms. The molecule has 2 aromatic heterocycles. The van der Waals surface area contributed by atoms with E-state index in [-0.39, 0.29) is 6.04 Å². The van der Waals surface area contributed by atoms with Crippen LogP contribution in [0.2, 0.25) is 4.34 Å². The zero-order valence-corrected chi connectivity index (χ0v) is 12.7. The standard InChI is InChI=1S/C13H17ClN2S2/c1-2-16(9-10-4-3-7-17-10)11(8-15)12-5-6-13(14)18-12/h3-7,11H,2,8-9,15H2,1H3. The number of nitrogens with two attached hydrogens (primary N) is 1. The Balaban J connectivity index is 2.13. The van der Waals surface area contributed by atoms with E-state index < -0.39 is 0 Å². The van der Waals surface area contributed by atoms with Crippen LogP contribution in [-0.4, -0.2) is 18.0 Å². The lowest BCUT2D eigenvalue weighted by Crippen LogP contribution is -2.32. The van der Waals surface area contributed by atoms with E-state index in [1.807, 2.05) is 6.07 Å². The third-order valence-electron chi connectivity index (χ3n) is 2.93. The Morgan fingerprint density at radius 1 is 1.39 bits per heavy atom. The number of hydrogen-bond acceptors (Lipinski definition) is 4. The van der Waals surface area contributed by atoms with Crippen LogP contribution < -0.4 is 5.73 Å². The fourth-order valence-electron chi connectivity index (χ4n) is 2.00. The van der Waals surface area contributed by atoms with Crippen molar-refractivity contribution in [2.75, 3.05) is 13.1 Å². The third kappa shape index (κ3) is 3.33. The molecule has 0 aromatic carbocycles. The first kappa shape index (κ1) is 14.0. The fourth-order valence-corrected chi connectivity index (χ4v) is 3.94. The summed E-state index contributed by atoms with van der Waals surface area (Å²) in [6, 6.07) is 8.55. The summed E-state index contributed by atoms with van der Waals surface area (Å²) >= 11 is 9.43.